The van der Waals surface area contributed by atoms with Gasteiger partial charge in [0, 0.05) is 11.6 Å². The average molecular weight is 267 g/mol. The first-order valence-electron chi connectivity index (χ1n) is 5.31. The van der Waals surface area contributed by atoms with Gasteiger partial charge in [-0.25, -0.2) is 9.78 Å². The van der Waals surface area contributed by atoms with E-state index in [1.807, 2.05) is 12.3 Å². The molecule has 0 aliphatic heterocycles. The minimum atomic E-state index is -0.368. The van der Waals surface area contributed by atoms with Gasteiger partial charge in [-0.2, -0.15) is 5.10 Å². The van der Waals surface area contributed by atoms with Gasteiger partial charge in [0.1, 0.15) is 0 Å². The molecule has 2 amide bonds. The number of thiazole rings is 1. The van der Waals surface area contributed by atoms with Crippen LogP contribution in [0.4, 0.5) is 15.6 Å². The van der Waals surface area contributed by atoms with Crippen LogP contribution in [0.25, 0.3) is 0 Å². The Morgan fingerprint density at radius 1 is 1.56 bits per heavy atom. The molecule has 0 fully saturated rings. The van der Waals surface area contributed by atoms with E-state index in [0.29, 0.717) is 17.4 Å². The number of amides is 2. The lowest BCUT2D eigenvalue weighted by Crippen LogP contribution is -2.19. The number of carbonyl (C=O) groups excluding carboxylic acids is 1. The lowest BCUT2D eigenvalue weighted by Gasteiger charge is -2.02. The molecule has 2 heterocycles. The van der Waals surface area contributed by atoms with E-state index in [9.17, 15) is 4.79 Å². The van der Waals surface area contributed by atoms with Crippen LogP contribution in [0, 0.1) is 6.92 Å². The van der Waals surface area contributed by atoms with E-state index in [1.54, 1.807) is 10.9 Å². The minimum absolute atomic E-state index is 0.00566. The molecule has 0 unspecified atom stereocenters. The normalized spacial score (nSPS) is 10.3. The Labute approximate surface area is 107 Å². The Balaban J connectivity index is 1.90. The molecule has 2 aromatic rings. The molecule has 0 aliphatic carbocycles. The summed E-state index contributed by atoms with van der Waals surface area (Å²) in [5.41, 5.74) is 1.43. The summed E-state index contributed by atoms with van der Waals surface area (Å²) < 4.78 is 1.54. The van der Waals surface area contributed by atoms with Crippen molar-refractivity contribution in [2.24, 2.45) is 0 Å². The van der Waals surface area contributed by atoms with Gasteiger partial charge in [0.25, 0.3) is 0 Å². The molecule has 3 N–H and O–H groups in total. The second kappa shape index (κ2) is 5.61. The molecule has 18 heavy (non-hydrogen) atoms. The number of carbonyl (C=O) groups is 1. The summed E-state index contributed by atoms with van der Waals surface area (Å²) in [5, 5.41) is 20.4. The summed E-state index contributed by atoms with van der Waals surface area (Å²) in [4.78, 5) is 15.7. The maximum Gasteiger partial charge on any atom is 0.325 e. The number of hydrogen-bond donors (Lipinski definition) is 3. The van der Waals surface area contributed by atoms with Crippen LogP contribution >= 0.6 is 11.3 Å². The zero-order valence-electron chi connectivity index (χ0n) is 9.75. The first-order chi connectivity index (χ1) is 8.67. The number of aliphatic hydroxyl groups is 1. The van der Waals surface area contributed by atoms with Crippen molar-refractivity contribution in [3.8, 4) is 0 Å². The van der Waals surface area contributed by atoms with Crippen LogP contribution in [0.1, 0.15) is 5.69 Å². The van der Waals surface area contributed by atoms with Gasteiger partial charge in [0.2, 0.25) is 0 Å². The van der Waals surface area contributed by atoms with E-state index in [4.69, 9.17) is 5.11 Å². The van der Waals surface area contributed by atoms with Gasteiger partial charge in [0.05, 0.1) is 30.7 Å². The van der Waals surface area contributed by atoms with E-state index < -0.39 is 0 Å². The quantitative estimate of drug-likeness (QED) is 0.778. The number of nitrogens with zero attached hydrogens (tertiary/aromatic N) is 3. The van der Waals surface area contributed by atoms with Crippen molar-refractivity contribution >= 4 is 28.2 Å². The van der Waals surface area contributed by atoms with Crippen molar-refractivity contribution in [1.29, 1.82) is 0 Å². The highest BCUT2D eigenvalue weighted by Crippen LogP contribution is 2.14. The van der Waals surface area contributed by atoms with Gasteiger partial charge in [-0.3, -0.25) is 10.00 Å². The van der Waals surface area contributed by atoms with E-state index in [2.05, 4.69) is 20.7 Å². The SMILES string of the molecule is Cc1csc(NC(=O)Nc2cnn(CCO)c2)n1. The number of aromatic nitrogens is 3. The van der Waals surface area contributed by atoms with Crippen molar-refractivity contribution in [1.82, 2.24) is 14.8 Å². The zero-order chi connectivity index (χ0) is 13.0. The molecule has 7 nitrogen and oxygen atoms in total. The standard InChI is InChI=1S/C10H13N5O2S/c1-7-6-18-10(12-7)14-9(17)13-8-4-11-15(5-8)2-3-16/h4-6,16H,2-3H2,1H3,(H2,12,13,14,17). The molecule has 0 saturated heterocycles. The maximum atomic E-state index is 11.6. The molecule has 8 heteroatoms. The van der Waals surface area contributed by atoms with Gasteiger partial charge < -0.3 is 10.4 Å². The Hall–Kier alpha value is -1.93. The average Bonchev–Trinajstić information content (AvgIpc) is 2.89. The highest BCUT2D eigenvalue weighted by Gasteiger charge is 2.06. The molecule has 2 aromatic heterocycles. The number of nitrogens with one attached hydrogen (secondary N) is 2. The summed E-state index contributed by atoms with van der Waals surface area (Å²) in [5.74, 6) is 0. The topological polar surface area (TPSA) is 92.1 Å². The fourth-order valence-electron chi connectivity index (χ4n) is 1.32. The molecule has 0 saturated carbocycles. The number of urea groups is 1. The smallest absolute Gasteiger partial charge is 0.325 e. The lowest BCUT2D eigenvalue weighted by molar-refractivity contribution is 0.262. The summed E-state index contributed by atoms with van der Waals surface area (Å²) in [6, 6.07) is -0.368. The summed E-state index contributed by atoms with van der Waals surface area (Å²) >= 11 is 1.36. The van der Waals surface area contributed by atoms with Crippen molar-refractivity contribution in [2.75, 3.05) is 17.2 Å². The number of rotatable bonds is 4. The second-order valence-corrected chi connectivity index (χ2v) is 4.45. The summed E-state index contributed by atoms with van der Waals surface area (Å²) in [6.07, 6.45) is 3.16. The monoisotopic (exact) mass is 267 g/mol. The van der Waals surface area contributed by atoms with E-state index >= 15 is 0 Å². The fraction of sp³-hybridized carbons (Fsp3) is 0.300. The molecular formula is C10H13N5O2S. The van der Waals surface area contributed by atoms with Crippen LogP contribution < -0.4 is 10.6 Å². The van der Waals surface area contributed by atoms with Crippen LogP contribution in [-0.2, 0) is 6.54 Å². The maximum absolute atomic E-state index is 11.6. The van der Waals surface area contributed by atoms with Crippen molar-refractivity contribution in [3.05, 3.63) is 23.5 Å². The predicted octanol–water partition coefficient (Wildman–Crippen LogP) is 1.28. The summed E-state index contributed by atoms with van der Waals surface area (Å²) in [6.45, 7) is 2.26. The molecule has 96 valence electrons. The van der Waals surface area contributed by atoms with Gasteiger partial charge in [0.15, 0.2) is 5.13 Å². The van der Waals surface area contributed by atoms with E-state index in [-0.39, 0.29) is 12.6 Å². The first-order valence-corrected chi connectivity index (χ1v) is 6.19. The Bertz CT molecular complexity index is 536. The van der Waals surface area contributed by atoms with E-state index in [0.717, 1.165) is 5.69 Å². The van der Waals surface area contributed by atoms with Crippen LogP contribution in [0.2, 0.25) is 0 Å². The van der Waals surface area contributed by atoms with Gasteiger partial charge in [-0.15, -0.1) is 11.3 Å². The van der Waals surface area contributed by atoms with Gasteiger partial charge >= 0.3 is 6.03 Å². The van der Waals surface area contributed by atoms with Crippen LogP contribution in [-0.4, -0.2) is 32.5 Å². The molecule has 0 bridgehead atoms. The minimum Gasteiger partial charge on any atom is -0.394 e. The first kappa shape index (κ1) is 12.5. The third-order valence-corrected chi connectivity index (χ3v) is 2.94. The Morgan fingerprint density at radius 3 is 3.06 bits per heavy atom. The largest absolute Gasteiger partial charge is 0.394 e. The Morgan fingerprint density at radius 2 is 2.39 bits per heavy atom. The molecule has 0 aromatic carbocycles. The van der Waals surface area contributed by atoms with Crippen LogP contribution in [0.3, 0.4) is 0 Å². The molecular weight excluding hydrogens is 254 g/mol. The third-order valence-electron chi connectivity index (χ3n) is 2.06. The molecule has 0 atom stereocenters. The predicted molar refractivity (Wildman–Crippen MR) is 68.8 cm³/mol. The molecule has 0 spiro atoms. The lowest BCUT2D eigenvalue weighted by atomic mass is 10.5. The number of aliphatic hydroxyl groups excluding tert-OH is 1. The van der Waals surface area contributed by atoms with Crippen molar-refractivity contribution in [2.45, 2.75) is 13.5 Å². The van der Waals surface area contributed by atoms with Gasteiger partial charge in [-0.05, 0) is 6.92 Å². The summed E-state index contributed by atoms with van der Waals surface area (Å²) in [7, 11) is 0. The highest BCUT2D eigenvalue weighted by atomic mass is 32.1. The number of aryl methyl sites for hydroxylation is 1. The van der Waals surface area contributed by atoms with Crippen LogP contribution in [0.15, 0.2) is 17.8 Å². The fourth-order valence-corrected chi connectivity index (χ4v) is 2.01. The number of hydrogen-bond acceptors (Lipinski definition) is 5. The second-order valence-electron chi connectivity index (χ2n) is 3.59. The van der Waals surface area contributed by atoms with E-state index in [1.165, 1.54) is 17.5 Å². The highest BCUT2D eigenvalue weighted by molar-refractivity contribution is 7.13. The van der Waals surface area contributed by atoms with Crippen molar-refractivity contribution < 1.29 is 9.90 Å². The van der Waals surface area contributed by atoms with Crippen molar-refractivity contribution in [3.63, 3.8) is 0 Å². The van der Waals surface area contributed by atoms with Gasteiger partial charge in [-0.1, -0.05) is 0 Å². The number of anilines is 2. The van der Waals surface area contributed by atoms with Crippen LogP contribution in [0.5, 0.6) is 0 Å². The third kappa shape index (κ3) is 3.28. The molecule has 0 radical (unpaired) electrons. The Kier molecular flexibility index (Phi) is 3.90. The zero-order valence-corrected chi connectivity index (χ0v) is 10.6. The molecule has 0 aliphatic rings. The molecule has 2 rings (SSSR count).